The highest BCUT2D eigenvalue weighted by Gasteiger charge is 2.21. The molecule has 0 radical (unpaired) electrons. The Balaban J connectivity index is 1.71. The smallest absolute Gasteiger partial charge is 0.227 e. The van der Waals surface area contributed by atoms with Gasteiger partial charge >= 0.3 is 0 Å². The van der Waals surface area contributed by atoms with Crippen LogP contribution in [-0.2, 0) is 20.8 Å². The average Bonchev–Trinajstić information content (AvgIpc) is 3.07. The molecule has 1 fully saturated rings. The number of benzene rings is 1. The van der Waals surface area contributed by atoms with Crippen molar-refractivity contribution in [2.45, 2.75) is 19.4 Å². The fraction of sp³-hybridized carbons (Fsp3) is 0.556. The van der Waals surface area contributed by atoms with Gasteiger partial charge in [0.05, 0.1) is 19.8 Å². The topological polar surface area (TPSA) is 75.2 Å². The molecule has 1 aromatic carbocycles. The monoisotopic (exact) mass is 348 g/mol. The van der Waals surface area contributed by atoms with Gasteiger partial charge in [-0.3, -0.25) is 9.79 Å². The van der Waals surface area contributed by atoms with Gasteiger partial charge in [-0.15, -0.1) is 0 Å². The van der Waals surface area contributed by atoms with Crippen molar-refractivity contribution in [3.8, 4) is 0 Å². The highest BCUT2D eigenvalue weighted by atomic mass is 16.5. The molecular weight excluding hydrogens is 320 g/mol. The molecule has 0 unspecified atom stereocenters. The lowest BCUT2D eigenvalue weighted by Crippen LogP contribution is -2.38. The summed E-state index contributed by atoms with van der Waals surface area (Å²) in [6, 6.07) is 8.07. The minimum atomic E-state index is 0.211. The lowest BCUT2D eigenvalue weighted by molar-refractivity contribution is -0.117. The van der Waals surface area contributed by atoms with Crippen LogP contribution in [0.1, 0.15) is 18.4 Å². The molecule has 1 saturated heterocycles. The third-order valence-corrected chi connectivity index (χ3v) is 3.98. The van der Waals surface area contributed by atoms with E-state index in [1.54, 1.807) is 14.2 Å². The summed E-state index contributed by atoms with van der Waals surface area (Å²) in [5.74, 6) is 0.942. The van der Waals surface area contributed by atoms with Crippen LogP contribution in [0.25, 0.3) is 0 Å². The van der Waals surface area contributed by atoms with Gasteiger partial charge in [0, 0.05) is 45.9 Å². The first kappa shape index (κ1) is 19.2. The third-order valence-electron chi connectivity index (χ3n) is 3.98. The van der Waals surface area contributed by atoms with Gasteiger partial charge in [0.2, 0.25) is 5.91 Å². The number of carbonyl (C=O) groups excluding carboxylic acids is 1. The van der Waals surface area contributed by atoms with Crippen molar-refractivity contribution in [1.82, 2.24) is 10.6 Å². The number of carbonyl (C=O) groups is 1. The van der Waals surface area contributed by atoms with E-state index >= 15 is 0 Å². The van der Waals surface area contributed by atoms with Crippen LogP contribution in [-0.4, -0.2) is 58.9 Å². The second-order valence-corrected chi connectivity index (χ2v) is 5.77. The standard InChI is InChI=1S/C18H28N4O3/c1-19-18(20-9-11-25-13-12-24-2)21-14-15-5-7-16(8-6-15)22-10-3-4-17(22)23/h5-8H,3-4,9-14H2,1-2H3,(H2,19,20,21). The van der Waals surface area contributed by atoms with E-state index < -0.39 is 0 Å². The van der Waals surface area contributed by atoms with Crippen LogP contribution in [0.2, 0.25) is 0 Å². The molecule has 7 nitrogen and oxygen atoms in total. The van der Waals surface area contributed by atoms with Crippen molar-refractivity contribution in [2.24, 2.45) is 4.99 Å². The molecule has 0 bridgehead atoms. The van der Waals surface area contributed by atoms with Gasteiger partial charge in [-0.1, -0.05) is 12.1 Å². The fourth-order valence-electron chi connectivity index (χ4n) is 2.61. The molecule has 1 amide bonds. The molecule has 2 rings (SSSR count). The highest BCUT2D eigenvalue weighted by molar-refractivity contribution is 5.95. The number of ether oxygens (including phenoxy) is 2. The van der Waals surface area contributed by atoms with Gasteiger partial charge in [0.1, 0.15) is 0 Å². The number of aliphatic imine (C=N–C) groups is 1. The van der Waals surface area contributed by atoms with Crippen molar-refractivity contribution < 1.29 is 14.3 Å². The molecule has 0 aromatic heterocycles. The maximum Gasteiger partial charge on any atom is 0.227 e. The number of hydrogen-bond acceptors (Lipinski definition) is 4. The second kappa shape index (κ2) is 10.7. The van der Waals surface area contributed by atoms with Crippen molar-refractivity contribution >= 4 is 17.6 Å². The van der Waals surface area contributed by atoms with Crippen molar-refractivity contribution in [3.05, 3.63) is 29.8 Å². The summed E-state index contributed by atoms with van der Waals surface area (Å²) in [7, 11) is 3.39. The molecule has 0 aliphatic carbocycles. The quantitative estimate of drug-likeness (QED) is 0.398. The average molecular weight is 348 g/mol. The summed E-state index contributed by atoms with van der Waals surface area (Å²) in [5.41, 5.74) is 2.11. The molecule has 0 saturated carbocycles. The number of hydrogen-bond donors (Lipinski definition) is 2. The Labute approximate surface area is 149 Å². The summed E-state index contributed by atoms with van der Waals surface area (Å²) in [6.07, 6.45) is 1.60. The van der Waals surface area contributed by atoms with Crippen LogP contribution in [0, 0.1) is 0 Å². The molecule has 0 atom stereocenters. The highest BCUT2D eigenvalue weighted by Crippen LogP contribution is 2.21. The van der Waals surface area contributed by atoms with E-state index in [0.29, 0.717) is 39.3 Å². The molecule has 1 heterocycles. The summed E-state index contributed by atoms with van der Waals surface area (Å²) >= 11 is 0. The summed E-state index contributed by atoms with van der Waals surface area (Å²) in [4.78, 5) is 17.8. The Morgan fingerprint density at radius 3 is 2.64 bits per heavy atom. The van der Waals surface area contributed by atoms with Crippen LogP contribution >= 0.6 is 0 Å². The molecule has 2 N–H and O–H groups in total. The molecule has 1 aromatic rings. The van der Waals surface area contributed by atoms with Crippen LogP contribution in [0.4, 0.5) is 5.69 Å². The first-order valence-corrected chi connectivity index (χ1v) is 8.65. The van der Waals surface area contributed by atoms with Crippen LogP contribution in [0.3, 0.4) is 0 Å². The number of rotatable bonds is 9. The largest absolute Gasteiger partial charge is 0.382 e. The number of guanidine groups is 1. The van der Waals surface area contributed by atoms with Crippen molar-refractivity contribution in [3.63, 3.8) is 0 Å². The first-order chi connectivity index (χ1) is 12.2. The summed E-state index contributed by atoms with van der Waals surface area (Å²) < 4.78 is 10.3. The maximum atomic E-state index is 11.8. The summed E-state index contributed by atoms with van der Waals surface area (Å²) in [6.45, 7) is 3.96. The lowest BCUT2D eigenvalue weighted by Gasteiger charge is -2.16. The van der Waals surface area contributed by atoms with Crippen LogP contribution in [0.5, 0.6) is 0 Å². The van der Waals surface area contributed by atoms with E-state index in [0.717, 1.165) is 30.2 Å². The molecule has 1 aliphatic rings. The Morgan fingerprint density at radius 2 is 2.00 bits per heavy atom. The molecule has 1 aliphatic heterocycles. The van der Waals surface area contributed by atoms with Gasteiger partial charge in [0.15, 0.2) is 5.96 Å². The number of nitrogens with zero attached hydrogens (tertiary/aromatic N) is 2. The molecule has 138 valence electrons. The Kier molecular flexibility index (Phi) is 8.21. The van der Waals surface area contributed by atoms with E-state index in [1.165, 1.54) is 0 Å². The van der Waals surface area contributed by atoms with Crippen molar-refractivity contribution in [1.29, 1.82) is 0 Å². The minimum absolute atomic E-state index is 0.211. The van der Waals surface area contributed by atoms with Gasteiger partial charge in [0.25, 0.3) is 0 Å². The molecule has 7 heteroatoms. The number of amides is 1. The van der Waals surface area contributed by atoms with E-state index in [2.05, 4.69) is 15.6 Å². The minimum Gasteiger partial charge on any atom is -0.382 e. The van der Waals surface area contributed by atoms with Crippen LogP contribution < -0.4 is 15.5 Å². The maximum absolute atomic E-state index is 11.8. The van der Waals surface area contributed by atoms with E-state index in [4.69, 9.17) is 9.47 Å². The normalized spacial score (nSPS) is 14.9. The Bertz CT molecular complexity index is 560. The predicted octanol–water partition coefficient (Wildman–Crippen LogP) is 1.14. The van der Waals surface area contributed by atoms with E-state index in [9.17, 15) is 4.79 Å². The zero-order chi connectivity index (χ0) is 17.9. The Morgan fingerprint density at radius 1 is 1.20 bits per heavy atom. The molecule has 0 spiro atoms. The van der Waals surface area contributed by atoms with Gasteiger partial charge in [-0.2, -0.15) is 0 Å². The molecular formula is C18H28N4O3. The number of anilines is 1. The zero-order valence-electron chi connectivity index (χ0n) is 15.1. The number of methoxy groups -OCH3 is 1. The first-order valence-electron chi connectivity index (χ1n) is 8.65. The Hall–Kier alpha value is -2.12. The molecule has 25 heavy (non-hydrogen) atoms. The SMILES string of the molecule is CN=C(NCCOCCOC)NCc1ccc(N2CCCC2=O)cc1. The number of nitrogens with one attached hydrogen (secondary N) is 2. The van der Waals surface area contributed by atoms with E-state index in [1.807, 2.05) is 29.2 Å². The second-order valence-electron chi connectivity index (χ2n) is 5.77. The van der Waals surface area contributed by atoms with Crippen LogP contribution in [0.15, 0.2) is 29.3 Å². The zero-order valence-corrected chi connectivity index (χ0v) is 15.1. The van der Waals surface area contributed by atoms with E-state index in [-0.39, 0.29) is 5.91 Å². The lowest BCUT2D eigenvalue weighted by atomic mass is 10.2. The summed E-state index contributed by atoms with van der Waals surface area (Å²) in [5, 5.41) is 6.46. The predicted molar refractivity (Wildman–Crippen MR) is 98.9 cm³/mol. The third kappa shape index (κ3) is 6.36. The fourth-order valence-corrected chi connectivity index (χ4v) is 2.61. The van der Waals surface area contributed by atoms with Gasteiger partial charge < -0.3 is 25.0 Å². The van der Waals surface area contributed by atoms with Crippen molar-refractivity contribution in [2.75, 3.05) is 52.0 Å². The van der Waals surface area contributed by atoms with Gasteiger partial charge in [-0.05, 0) is 24.1 Å². The van der Waals surface area contributed by atoms with Gasteiger partial charge in [-0.25, -0.2) is 0 Å².